The number of pyridine rings is 1. The molecule has 0 aliphatic rings. The third-order valence-corrected chi connectivity index (χ3v) is 4.11. The number of halogens is 3. The molecule has 0 saturated heterocycles. The van der Waals surface area contributed by atoms with Gasteiger partial charge in [-0.15, -0.1) is 11.6 Å². The van der Waals surface area contributed by atoms with Gasteiger partial charge in [0.15, 0.2) is 0 Å². The molecule has 0 saturated carbocycles. The second-order valence-electron chi connectivity index (χ2n) is 3.70. The van der Waals surface area contributed by atoms with Gasteiger partial charge < -0.3 is 0 Å². The van der Waals surface area contributed by atoms with E-state index in [-0.39, 0.29) is 5.38 Å². The lowest BCUT2D eigenvalue weighted by Crippen LogP contribution is -1.96. The summed E-state index contributed by atoms with van der Waals surface area (Å²) in [7, 11) is 0. The molecule has 2 rings (SSSR count). The van der Waals surface area contributed by atoms with Crippen molar-refractivity contribution in [2.75, 3.05) is 0 Å². The van der Waals surface area contributed by atoms with Gasteiger partial charge in [0, 0.05) is 16.9 Å². The van der Waals surface area contributed by atoms with Crippen molar-refractivity contribution in [2.45, 2.75) is 11.8 Å². The Labute approximate surface area is 119 Å². The SMILES string of the molecule is Clc1cc(C(Cl)Cc2ccncc2)ccc1Br. The largest absolute Gasteiger partial charge is 0.265 e. The van der Waals surface area contributed by atoms with Gasteiger partial charge in [-0.1, -0.05) is 17.7 Å². The predicted octanol–water partition coefficient (Wildman–Crippen LogP) is 5.02. The molecular formula is C13H10BrCl2N. The van der Waals surface area contributed by atoms with Crippen molar-refractivity contribution in [1.82, 2.24) is 4.98 Å². The summed E-state index contributed by atoms with van der Waals surface area (Å²) in [6.07, 6.45) is 4.31. The fourth-order valence-corrected chi connectivity index (χ4v) is 2.30. The summed E-state index contributed by atoms with van der Waals surface area (Å²) in [5, 5.41) is 0.603. The summed E-state index contributed by atoms with van der Waals surface area (Å²) < 4.78 is 0.885. The van der Waals surface area contributed by atoms with Crippen molar-refractivity contribution in [3.05, 3.63) is 63.3 Å². The highest BCUT2D eigenvalue weighted by atomic mass is 79.9. The van der Waals surface area contributed by atoms with Crippen LogP contribution < -0.4 is 0 Å². The molecule has 4 heteroatoms. The molecule has 0 amide bonds. The van der Waals surface area contributed by atoms with E-state index < -0.39 is 0 Å². The zero-order valence-corrected chi connectivity index (χ0v) is 12.0. The average Bonchev–Trinajstić information content (AvgIpc) is 2.34. The number of aromatic nitrogens is 1. The number of alkyl halides is 1. The molecule has 0 bridgehead atoms. The van der Waals surface area contributed by atoms with E-state index in [1.165, 1.54) is 5.56 Å². The van der Waals surface area contributed by atoms with E-state index in [1.807, 2.05) is 30.3 Å². The van der Waals surface area contributed by atoms with Crippen LogP contribution in [0.2, 0.25) is 5.02 Å². The maximum absolute atomic E-state index is 6.37. The molecule has 1 nitrogen and oxygen atoms in total. The van der Waals surface area contributed by atoms with Gasteiger partial charge in [-0.05, 0) is 57.7 Å². The van der Waals surface area contributed by atoms with E-state index in [9.17, 15) is 0 Å². The van der Waals surface area contributed by atoms with Crippen molar-refractivity contribution < 1.29 is 0 Å². The third-order valence-electron chi connectivity index (χ3n) is 2.47. The van der Waals surface area contributed by atoms with Gasteiger partial charge in [0.1, 0.15) is 0 Å². The van der Waals surface area contributed by atoms with Crippen LogP contribution >= 0.6 is 39.1 Å². The molecule has 1 atom stereocenters. The number of hydrogen-bond donors (Lipinski definition) is 0. The van der Waals surface area contributed by atoms with E-state index in [4.69, 9.17) is 23.2 Å². The Morgan fingerprint density at radius 3 is 2.53 bits per heavy atom. The maximum Gasteiger partial charge on any atom is 0.0626 e. The van der Waals surface area contributed by atoms with Crippen LogP contribution in [0.15, 0.2) is 47.2 Å². The molecular weight excluding hydrogens is 321 g/mol. The molecule has 0 fully saturated rings. The highest BCUT2D eigenvalue weighted by Crippen LogP contribution is 2.30. The van der Waals surface area contributed by atoms with Gasteiger partial charge in [-0.2, -0.15) is 0 Å². The Kier molecular flexibility index (Phi) is 4.43. The van der Waals surface area contributed by atoms with Crippen LogP contribution in [-0.4, -0.2) is 4.98 Å². The fraction of sp³-hybridized carbons (Fsp3) is 0.154. The third kappa shape index (κ3) is 3.44. The summed E-state index contributed by atoms with van der Waals surface area (Å²) in [5.74, 6) is 0. The Hall–Kier alpha value is -0.570. The van der Waals surface area contributed by atoms with Crippen LogP contribution in [0.25, 0.3) is 0 Å². The summed E-state index contributed by atoms with van der Waals surface area (Å²) >= 11 is 15.8. The second-order valence-corrected chi connectivity index (χ2v) is 5.49. The summed E-state index contributed by atoms with van der Waals surface area (Å²) in [5.41, 5.74) is 2.19. The van der Waals surface area contributed by atoms with Crippen LogP contribution in [0.4, 0.5) is 0 Å². The van der Waals surface area contributed by atoms with Gasteiger partial charge in [-0.25, -0.2) is 0 Å². The fourth-order valence-electron chi connectivity index (χ4n) is 1.55. The first-order valence-electron chi connectivity index (χ1n) is 5.15. The van der Waals surface area contributed by atoms with E-state index in [0.29, 0.717) is 5.02 Å². The first-order valence-corrected chi connectivity index (χ1v) is 6.75. The van der Waals surface area contributed by atoms with Crippen molar-refractivity contribution in [3.63, 3.8) is 0 Å². The van der Waals surface area contributed by atoms with E-state index in [1.54, 1.807) is 12.4 Å². The standard InChI is InChI=1S/C13H10BrCl2N/c14-11-2-1-10(8-13(11)16)12(15)7-9-3-5-17-6-4-9/h1-6,8,12H,7H2. The average molecular weight is 331 g/mol. The normalized spacial score (nSPS) is 12.4. The molecule has 17 heavy (non-hydrogen) atoms. The van der Waals surface area contributed by atoms with Crippen LogP contribution in [0, 0.1) is 0 Å². The number of hydrogen-bond acceptors (Lipinski definition) is 1. The highest BCUT2D eigenvalue weighted by Gasteiger charge is 2.10. The van der Waals surface area contributed by atoms with Crippen molar-refractivity contribution in [2.24, 2.45) is 0 Å². The van der Waals surface area contributed by atoms with Crippen LogP contribution in [0.1, 0.15) is 16.5 Å². The number of rotatable bonds is 3. The van der Waals surface area contributed by atoms with Crippen molar-refractivity contribution in [1.29, 1.82) is 0 Å². The highest BCUT2D eigenvalue weighted by molar-refractivity contribution is 9.10. The molecule has 88 valence electrons. The molecule has 2 aromatic rings. The monoisotopic (exact) mass is 329 g/mol. The lowest BCUT2D eigenvalue weighted by atomic mass is 10.1. The zero-order valence-electron chi connectivity index (χ0n) is 8.91. The molecule has 0 radical (unpaired) electrons. The topological polar surface area (TPSA) is 12.9 Å². The lowest BCUT2D eigenvalue weighted by Gasteiger charge is -2.10. The molecule has 1 unspecified atom stereocenters. The van der Waals surface area contributed by atoms with E-state index in [0.717, 1.165) is 16.5 Å². The summed E-state index contributed by atoms with van der Waals surface area (Å²) in [4.78, 5) is 3.98. The zero-order chi connectivity index (χ0) is 12.3. The van der Waals surface area contributed by atoms with Crippen LogP contribution in [0.3, 0.4) is 0 Å². The van der Waals surface area contributed by atoms with Gasteiger partial charge >= 0.3 is 0 Å². The Morgan fingerprint density at radius 1 is 1.18 bits per heavy atom. The minimum Gasteiger partial charge on any atom is -0.265 e. The lowest BCUT2D eigenvalue weighted by molar-refractivity contribution is 0.916. The van der Waals surface area contributed by atoms with E-state index in [2.05, 4.69) is 20.9 Å². The predicted molar refractivity (Wildman–Crippen MR) is 75.7 cm³/mol. The smallest absolute Gasteiger partial charge is 0.0626 e. The molecule has 0 aliphatic carbocycles. The maximum atomic E-state index is 6.37. The molecule has 1 heterocycles. The first-order chi connectivity index (χ1) is 8.16. The minimum absolute atomic E-state index is 0.0806. The summed E-state index contributed by atoms with van der Waals surface area (Å²) in [6.45, 7) is 0. The quantitative estimate of drug-likeness (QED) is 0.720. The van der Waals surface area contributed by atoms with Gasteiger partial charge in [-0.3, -0.25) is 4.98 Å². The molecule has 1 aromatic heterocycles. The summed E-state index contributed by atoms with van der Waals surface area (Å²) in [6, 6.07) is 9.73. The van der Waals surface area contributed by atoms with Gasteiger partial charge in [0.05, 0.1) is 10.4 Å². The Bertz CT molecular complexity index is 502. The number of benzene rings is 1. The Balaban J connectivity index is 2.14. The molecule has 0 N–H and O–H groups in total. The number of nitrogens with zero attached hydrogens (tertiary/aromatic N) is 1. The van der Waals surface area contributed by atoms with Crippen LogP contribution in [-0.2, 0) is 6.42 Å². The molecule has 0 aliphatic heterocycles. The van der Waals surface area contributed by atoms with Gasteiger partial charge in [0.2, 0.25) is 0 Å². The first kappa shape index (κ1) is 12.9. The van der Waals surface area contributed by atoms with Gasteiger partial charge in [0.25, 0.3) is 0 Å². The van der Waals surface area contributed by atoms with Crippen LogP contribution in [0.5, 0.6) is 0 Å². The van der Waals surface area contributed by atoms with Crippen molar-refractivity contribution >= 4 is 39.1 Å². The van der Waals surface area contributed by atoms with E-state index >= 15 is 0 Å². The second kappa shape index (κ2) is 5.85. The molecule has 1 aromatic carbocycles. The van der Waals surface area contributed by atoms with Crippen molar-refractivity contribution in [3.8, 4) is 0 Å². The Morgan fingerprint density at radius 2 is 1.88 bits per heavy atom. The minimum atomic E-state index is -0.0806. The molecule has 0 spiro atoms.